The quantitative estimate of drug-likeness (QED) is 0.479. The third-order valence-corrected chi connectivity index (χ3v) is 1.70. The van der Waals surface area contributed by atoms with Gasteiger partial charge in [-0.2, -0.15) is 0 Å². The summed E-state index contributed by atoms with van der Waals surface area (Å²) in [5, 5.41) is 0. The molecule has 0 heterocycles. The Morgan fingerprint density at radius 3 is 2.25 bits per heavy atom. The number of hydrogen-bond acceptors (Lipinski definition) is 1. The van der Waals surface area contributed by atoms with Gasteiger partial charge in [-0.3, -0.25) is 0 Å². The largest absolute Gasteiger partial charge is 0.115 e. The summed E-state index contributed by atoms with van der Waals surface area (Å²) in [6, 6.07) is 0. The highest BCUT2D eigenvalue weighted by Crippen LogP contribution is 2.04. The van der Waals surface area contributed by atoms with Gasteiger partial charge >= 0.3 is 0 Å². The monoisotopic (exact) mass is 138 g/mol. The smallest absolute Gasteiger partial charge is 0.0925 e. The minimum absolute atomic E-state index is 1.15. The molecule has 0 N–H and O–H groups in total. The summed E-state index contributed by atoms with van der Waals surface area (Å²) in [5.74, 6) is 0. The molecule has 0 saturated carbocycles. The Morgan fingerprint density at radius 2 is 2.25 bits per heavy atom. The molecule has 0 spiro atoms. The molecule has 0 rings (SSSR count). The molecule has 0 atom stereocenters. The molecule has 0 aromatic rings. The molecule has 24 valence electrons. The van der Waals surface area contributed by atoms with Gasteiger partial charge in [0.2, 0.25) is 0 Å². The van der Waals surface area contributed by atoms with Crippen molar-refractivity contribution in [1.29, 1.82) is 0 Å². The van der Waals surface area contributed by atoms with Crippen molar-refractivity contribution in [1.82, 2.24) is 0 Å². The highest BCUT2D eigenvalue weighted by atomic mass is 79.9. The lowest BCUT2D eigenvalue weighted by atomic mass is 10.2. The molecule has 0 aliphatic heterocycles. The summed E-state index contributed by atoms with van der Waals surface area (Å²) >= 11 is 3.16. The molecule has 0 unspecified atom stereocenters. The molecule has 4 heavy (non-hydrogen) atoms. The van der Waals surface area contributed by atoms with Gasteiger partial charge in [0, 0.05) is 0 Å². The van der Waals surface area contributed by atoms with Crippen molar-refractivity contribution in [3.8, 4) is 0 Å². The van der Waals surface area contributed by atoms with Gasteiger partial charge in [0.25, 0.3) is 0 Å². The number of halogens is 1. The van der Waals surface area contributed by atoms with E-state index in [0.717, 1.165) is 5.65 Å². The summed E-state index contributed by atoms with van der Waals surface area (Å²) in [4.78, 5) is 0. The van der Waals surface area contributed by atoms with E-state index in [0.29, 0.717) is 0 Å². The Kier molecular flexibility index (Phi) is 4.77. The van der Waals surface area contributed by atoms with Gasteiger partial charge in [-0.1, -0.05) is 10.2 Å². The summed E-state index contributed by atoms with van der Waals surface area (Å²) < 4.78 is 0. The molecule has 0 aromatic heterocycles. The Bertz CT molecular complexity index is 10.0. The standard InChI is InChI=1S/CH4BBrS/c2-1-4-3/h1-2H2. The van der Waals surface area contributed by atoms with Crippen LogP contribution in [-0.2, 0) is 0 Å². The Balaban J connectivity index is 1.97. The zero-order valence-electron chi connectivity index (χ0n) is 2.49. The number of hydrogen-bond donors (Lipinski definition) is 0. The van der Waals surface area contributed by atoms with Crippen molar-refractivity contribution in [2.24, 2.45) is 0 Å². The van der Waals surface area contributed by atoms with Crippen LogP contribution in [0.1, 0.15) is 0 Å². The van der Waals surface area contributed by atoms with Gasteiger partial charge in [-0.15, -0.1) is 0 Å². The van der Waals surface area contributed by atoms with E-state index in [2.05, 4.69) is 22.7 Å². The van der Waals surface area contributed by atoms with Crippen LogP contribution >= 0.6 is 25.0 Å². The molecule has 0 aliphatic rings. The van der Waals surface area contributed by atoms with Gasteiger partial charge in [0.05, 0.1) is 0 Å². The first-order valence-corrected chi connectivity index (χ1v) is 3.98. The van der Waals surface area contributed by atoms with Crippen molar-refractivity contribution in [3.05, 3.63) is 0 Å². The van der Waals surface area contributed by atoms with Crippen molar-refractivity contribution >= 4 is 32.9 Å². The third kappa shape index (κ3) is 2.89. The minimum atomic E-state index is 1.15. The summed E-state index contributed by atoms with van der Waals surface area (Å²) in [5.41, 5.74) is 1.15. The van der Waals surface area contributed by atoms with Gasteiger partial charge < -0.3 is 0 Å². The Morgan fingerprint density at radius 1 is 2.00 bits per heavy atom. The molecule has 0 aliphatic carbocycles. The van der Waals surface area contributed by atoms with Gasteiger partial charge in [-0.25, -0.2) is 0 Å². The maximum Gasteiger partial charge on any atom is 0.115 e. The van der Waals surface area contributed by atoms with E-state index in [4.69, 9.17) is 0 Å². The van der Waals surface area contributed by atoms with Crippen LogP contribution in [0.25, 0.3) is 0 Å². The molecule has 0 radical (unpaired) electrons. The van der Waals surface area contributed by atoms with Crippen molar-refractivity contribution in [2.75, 3.05) is 5.65 Å². The molecule has 3 heteroatoms. The average Bonchev–Trinajstić information content (AvgIpc) is 1.37. The fourth-order valence-corrected chi connectivity index (χ4v) is 0. The molecular weight excluding hydrogens is 135 g/mol. The lowest BCUT2D eigenvalue weighted by Crippen LogP contribution is -1.58. The molecule has 0 aromatic carbocycles. The van der Waals surface area contributed by atoms with Crippen LogP contribution in [0.3, 0.4) is 0 Å². The van der Waals surface area contributed by atoms with Crippen LogP contribution in [-0.4, -0.2) is 13.5 Å². The fraction of sp³-hybridized carbons (Fsp3) is 1.00. The van der Waals surface area contributed by atoms with E-state index < -0.39 is 0 Å². The predicted octanol–water partition coefficient (Wildman–Crippen LogP) is 0.620. The maximum atomic E-state index is 3.16. The first-order chi connectivity index (χ1) is 1.91. The van der Waals surface area contributed by atoms with Crippen LogP contribution in [0.4, 0.5) is 0 Å². The van der Waals surface area contributed by atoms with Crippen LogP contribution in [0.2, 0.25) is 0 Å². The van der Waals surface area contributed by atoms with E-state index in [9.17, 15) is 0 Å². The molecule has 0 fully saturated rings. The lowest BCUT2D eigenvalue weighted by Gasteiger charge is -1.65. The first kappa shape index (κ1) is 4.89. The van der Waals surface area contributed by atoms with Crippen LogP contribution in [0.15, 0.2) is 0 Å². The maximum absolute atomic E-state index is 3.16. The van der Waals surface area contributed by atoms with Crippen LogP contribution < -0.4 is 0 Å². The minimum Gasteiger partial charge on any atom is -0.0925 e. The van der Waals surface area contributed by atoms with E-state index in [1.54, 1.807) is 10.2 Å². The van der Waals surface area contributed by atoms with E-state index in [1.807, 2.05) is 0 Å². The fourth-order valence-electron chi connectivity index (χ4n) is 0. The van der Waals surface area contributed by atoms with Crippen molar-refractivity contribution in [3.63, 3.8) is 0 Å². The third-order valence-electron chi connectivity index (χ3n) is 0.109. The molecule has 0 nitrogen and oxygen atoms in total. The lowest BCUT2D eigenvalue weighted by molar-refractivity contribution is 2.27. The number of rotatable bonds is 1. The Hall–Kier alpha value is 0.895. The SMILES string of the molecule is BCSBr. The van der Waals surface area contributed by atoms with E-state index in [1.165, 1.54) is 0 Å². The molecular formula is CH4BBrS. The van der Waals surface area contributed by atoms with Crippen molar-refractivity contribution < 1.29 is 0 Å². The summed E-state index contributed by atoms with van der Waals surface area (Å²) in [6.45, 7) is 0. The first-order valence-electron chi connectivity index (χ1n) is 1.15. The highest BCUT2D eigenvalue weighted by molar-refractivity contribution is 9.50. The zero-order chi connectivity index (χ0) is 3.41. The molecule has 0 bridgehead atoms. The summed E-state index contributed by atoms with van der Waals surface area (Å²) in [7, 11) is 3.77. The normalized spacial score (nSPS) is 7.25. The predicted molar refractivity (Wildman–Crippen MR) is 29.9 cm³/mol. The second kappa shape index (κ2) is 3.89. The topological polar surface area (TPSA) is 0 Å². The molecule has 0 amide bonds. The van der Waals surface area contributed by atoms with E-state index in [-0.39, 0.29) is 0 Å². The second-order valence-electron chi connectivity index (χ2n) is 0.398. The Labute approximate surface area is 39.0 Å². The van der Waals surface area contributed by atoms with Gasteiger partial charge in [0.15, 0.2) is 0 Å². The van der Waals surface area contributed by atoms with E-state index >= 15 is 0 Å². The second-order valence-corrected chi connectivity index (χ2v) is 2.57. The van der Waals surface area contributed by atoms with Gasteiger partial charge in [0.1, 0.15) is 7.85 Å². The average molecular weight is 139 g/mol. The van der Waals surface area contributed by atoms with Gasteiger partial charge in [-0.05, 0) is 20.5 Å². The van der Waals surface area contributed by atoms with Crippen LogP contribution in [0.5, 0.6) is 0 Å². The molecule has 0 saturated heterocycles. The van der Waals surface area contributed by atoms with Crippen molar-refractivity contribution in [2.45, 2.75) is 0 Å². The zero-order valence-corrected chi connectivity index (χ0v) is 4.90. The summed E-state index contributed by atoms with van der Waals surface area (Å²) in [6.07, 6.45) is 0. The van der Waals surface area contributed by atoms with Crippen LogP contribution in [0, 0.1) is 0 Å². The highest BCUT2D eigenvalue weighted by Gasteiger charge is 1.59.